The van der Waals surface area contributed by atoms with Crippen molar-refractivity contribution in [2.45, 2.75) is 52.7 Å². The highest BCUT2D eigenvalue weighted by Crippen LogP contribution is 2.30. The Morgan fingerprint density at radius 2 is 1.91 bits per heavy atom. The lowest BCUT2D eigenvalue weighted by Gasteiger charge is -2.23. The van der Waals surface area contributed by atoms with E-state index < -0.39 is 0 Å². The molecule has 0 radical (unpaired) electrons. The van der Waals surface area contributed by atoms with Gasteiger partial charge in [-0.15, -0.1) is 0 Å². The van der Waals surface area contributed by atoms with E-state index in [4.69, 9.17) is 9.47 Å². The summed E-state index contributed by atoms with van der Waals surface area (Å²) in [5.74, 6) is 1.58. The maximum absolute atomic E-state index is 12.8. The zero-order valence-electron chi connectivity index (χ0n) is 14.0. The molecule has 22 heavy (non-hydrogen) atoms. The quantitative estimate of drug-likeness (QED) is 0.818. The van der Waals surface area contributed by atoms with Crippen LogP contribution in [0.3, 0.4) is 0 Å². The van der Waals surface area contributed by atoms with E-state index in [1.165, 1.54) is 0 Å². The molecule has 1 aromatic rings. The second-order valence-electron chi connectivity index (χ2n) is 6.40. The van der Waals surface area contributed by atoms with Crippen LogP contribution in [0.4, 0.5) is 0 Å². The van der Waals surface area contributed by atoms with Crippen LogP contribution in [-0.4, -0.2) is 31.1 Å². The highest BCUT2D eigenvalue weighted by Gasteiger charge is 2.25. The number of hydrogen-bond donors (Lipinski definition) is 1. The molecule has 1 unspecified atom stereocenters. The Morgan fingerprint density at radius 1 is 1.18 bits per heavy atom. The number of carbonyl (C=O) groups excluding carboxylic acids is 1. The number of hydrogen-bond acceptors (Lipinski definition) is 4. The van der Waals surface area contributed by atoms with Crippen molar-refractivity contribution in [3.8, 4) is 11.5 Å². The van der Waals surface area contributed by atoms with E-state index in [1.807, 2.05) is 45.9 Å². The summed E-state index contributed by atoms with van der Waals surface area (Å²) in [5.41, 5.74) is 0.665. The summed E-state index contributed by atoms with van der Waals surface area (Å²) in [7, 11) is 0. The van der Waals surface area contributed by atoms with Gasteiger partial charge in [0, 0.05) is 18.5 Å². The van der Waals surface area contributed by atoms with Gasteiger partial charge in [-0.1, -0.05) is 0 Å². The van der Waals surface area contributed by atoms with Gasteiger partial charge in [0.1, 0.15) is 11.5 Å². The van der Waals surface area contributed by atoms with Gasteiger partial charge in [0.25, 0.3) is 0 Å². The molecule has 0 aliphatic carbocycles. The van der Waals surface area contributed by atoms with E-state index in [0.29, 0.717) is 11.3 Å². The number of piperidine rings is 1. The topological polar surface area (TPSA) is 47.6 Å². The zero-order chi connectivity index (χ0) is 16.1. The summed E-state index contributed by atoms with van der Waals surface area (Å²) in [6, 6.07) is 5.53. The molecule has 1 heterocycles. The molecule has 1 aliphatic rings. The van der Waals surface area contributed by atoms with E-state index >= 15 is 0 Å². The fourth-order valence-electron chi connectivity index (χ4n) is 2.70. The van der Waals surface area contributed by atoms with Crippen molar-refractivity contribution >= 4 is 5.78 Å². The number of carbonyl (C=O) groups is 1. The van der Waals surface area contributed by atoms with E-state index in [2.05, 4.69) is 5.32 Å². The molecule has 0 amide bonds. The van der Waals surface area contributed by atoms with Crippen LogP contribution in [0.15, 0.2) is 18.2 Å². The summed E-state index contributed by atoms with van der Waals surface area (Å²) in [4.78, 5) is 12.8. The maximum atomic E-state index is 12.8. The number of ether oxygens (including phenoxy) is 2. The molecule has 1 fully saturated rings. The van der Waals surface area contributed by atoms with Gasteiger partial charge in [-0.05, 0) is 59.2 Å². The molecule has 0 saturated carbocycles. The second-order valence-corrected chi connectivity index (χ2v) is 6.40. The maximum Gasteiger partial charge on any atom is 0.170 e. The standard InChI is InChI=1S/C18H27NO3/c1-12(2)21-15-7-8-16(17(10-15)22-13(3)4)18(20)14-6-5-9-19-11-14/h7-8,10,12-14,19H,5-6,9,11H2,1-4H3. The van der Waals surface area contributed by atoms with Crippen LogP contribution < -0.4 is 14.8 Å². The molecule has 122 valence electrons. The lowest BCUT2D eigenvalue weighted by Crippen LogP contribution is -2.34. The fourth-order valence-corrected chi connectivity index (χ4v) is 2.70. The molecule has 0 aromatic heterocycles. The summed E-state index contributed by atoms with van der Waals surface area (Å²) in [6.45, 7) is 9.65. The Bertz CT molecular complexity index is 505. The first kappa shape index (κ1) is 16.8. The van der Waals surface area contributed by atoms with E-state index in [9.17, 15) is 4.79 Å². The summed E-state index contributed by atoms with van der Waals surface area (Å²) in [5, 5.41) is 3.30. The molecule has 4 heteroatoms. The Balaban J connectivity index is 2.25. The molecular formula is C18H27NO3. The third-order valence-corrected chi connectivity index (χ3v) is 3.62. The van der Waals surface area contributed by atoms with Crippen molar-refractivity contribution in [1.29, 1.82) is 0 Å². The summed E-state index contributed by atoms with van der Waals surface area (Å²) < 4.78 is 11.6. The van der Waals surface area contributed by atoms with E-state index in [1.54, 1.807) is 0 Å². The summed E-state index contributed by atoms with van der Waals surface area (Å²) >= 11 is 0. The van der Waals surface area contributed by atoms with Crippen molar-refractivity contribution in [2.75, 3.05) is 13.1 Å². The lowest BCUT2D eigenvalue weighted by atomic mass is 9.90. The van der Waals surface area contributed by atoms with Gasteiger partial charge in [-0.25, -0.2) is 0 Å². The van der Waals surface area contributed by atoms with Crippen molar-refractivity contribution in [3.05, 3.63) is 23.8 Å². The van der Waals surface area contributed by atoms with Crippen LogP contribution in [0.25, 0.3) is 0 Å². The molecule has 0 bridgehead atoms. The van der Waals surface area contributed by atoms with Gasteiger partial charge in [-0.3, -0.25) is 4.79 Å². The first-order chi connectivity index (χ1) is 10.5. The largest absolute Gasteiger partial charge is 0.491 e. The minimum absolute atomic E-state index is 0.0188. The molecule has 1 aliphatic heterocycles. The second kappa shape index (κ2) is 7.63. The van der Waals surface area contributed by atoms with Gasteiger partial charge in [0.15, 0.2) is 5.78 Å². The number of Topliss-reactive ketones (excluding diaryl/α,β-unsaturated/α-hetero) is 1. The van der Waals surface area contributed by atoms with Crippen LogP contribution in [0.2, 0.25) is 0 Å². The van der Waals surface area contributed by atoms with Crippen LogP contribution >= 0.6 is 0 Å². The fraction of sp³-hybridized carbons (Fsp3) is 0.611. The minimum Gasteiger partial charge on any atom is -0.491 e. The molecule has 0 spiro atoms. The Morgan fingerprint density at radius 3 is 2.50 bits per heavy atom. The minimum atomic E-state index is 0.0188. The molecular weight excluding hydrogens is 278 g/mol. The molecule has 4 nitrogen and oxygen atoms in total. The van der Waals surface area contributed by atoms with Gasteiger partial charge < -0.3 is 14.8 Å². The molecule has 1 atom stereocenters. The molecule has 1 N–H and O–H groups in total. The SMILES string of the molecule is CC(C)Oc1ccc(C(=O)C2CCCNC2)c(OC(C)C)c1. The van der Waals surface area contributed by atoms with Crippen LogP contribution in [0, 0.1) is 5.92 Å². The average Bonchev–Trinajstić information content (AvgIpc) is 2.46. The molecule has 1 saturated heterocycles. The highest BCUT2D eigenvalue weighted by molar-refractivity contribution is 6.00. The third kappa shape index (κ3) is 4.47. The van der Waals surface area contributed by atoms with Crippen LogP contribution in [0.5, 0.6) is 11.5 Å². The third-order valence-electron chi connectivity index (χ3n) is 3.62. The first-order valence-corrected chi connectivity index (χ1v) is 8.19. The van der Waals surface area contributed by atoms with Crippen molar-refractivity contribution < 1.29 is 14.3 Å². The number of nitrogens with one attached hydrogen (secondary N) is 1. The van der Waals surface area contributed by atoms with E-state index in [-0.39, 0.29) is 23.9 Å². The van der Waals surface area contributed by atoms with Crippen molar-refractivity contribution in [2.24, 2.45) is 5.92 Å². The number of benzene rings is 1. The van der Waals surface area contributed by atoms with Gasteiger partial charge in [0.2, 0.25) is 0 Å². The Hall–Kier alpha value is -1.55. The Labute approximate surface area is 133 Å². The zero-order valence-corrected chi connectivity index (χ0v) is 14.0. The number of rotatable bonds is 6. The van der Waals surface area contributed by atoms with Crippen LogP contribution in [-0.2, 0) is 0 Å². The van der Waals surface area contributed by atoms with Gasteiger partial charge >= 0.3 is 0 Å². The lowest BCUT2D eigenvalue weighted by molar-refractivity contribution is 0.0893. The van der Waals surface area contributed by atoms with Crippen molar-refractivity contribution in [3.63, 3.8) is 0 Å². The average molecular weight is 305 g/mol. The highest BCUT2D eigenvalue weighted by atomic mass is 16.5. The first-order valence-electron chi connectivity index (χ1n) is 8.19. The Kier molecular flexibility index (Phi) is 5.83. The molecule has 2 rings (SSSR count). The summed E-state index contributed by atoms with van der Waals surface area (Å²) in [6.07, 6.45) is 2.10. The van der Waals surface area contributed by atoms with E-state index in [0.717, 1.165) is 31.7 Å². The monoisotopic (exact) mass is 305 g/mol. The van der Waals surface area contributed by atoms with Gasteiger partial charge in [-0.2, -0.15) is 0 Å². The molecule has 1 aromatic carbocycles. The predicted molar refractivity (Wildman–Crippen MR) is 87.9 cm³/mol. The van der Waals surface area contributed by atoms with Gasteiger partial charge in [0.05, 0.1) is 17.8 Å². The normalized spacial score (nSPS) is 18.5. The predicted octanol–water partition coefficient (Wildman–Crippen LogP) is 3.44. The smallest absolute Gasteiger partial charge is 0.170 e. The van der Waals surface area contributed by atoms with Crippen LogP contribution in [0.1, 0.15) is 50.9 Å². The number of ketones is 1. The van der Waals surface area contributed by atoms with Crippen molar-refractivity contribution in [1.82, 2.24) is 5.32 Å².